The molecule has 1 aliphatic rings. The normalized spacial score (nSPS) is 18.3. The summed E-state index contributed by atoms with van der Waals surface area (Å²) in [5.74, 6) is 0.857. The summed E-state index contributed by atoms with van der Waals surface area (Å²) in [4.78, 5) is 0. The molecule has 2 nitrogen and oxygen atoms in total. The highest BCUT2D eigenvalue weighted by molar-refractivity contribution is 4.79. The fraction of sp³-hybridized carbons (Fsp3) is 1.00. The zero-order valence-electron chi connectivity index (χ0n) is 14.0. The van der Waals surface area contributed by atoms with E-state index in [1.165, 1.54) is 70.6 Å². The average Bonchev–Trinajstić information content (AvgIpc) is 2.50. The van der Waals surface area contributed by atoms with Crippen LogP contribution in [-0.4, -0.2) is 25.8 Å². The Labute approximate surface area is 127 Å². The van der Waals surface area contributed by atoms with Crippen molar-refractivity contribution in [2.45, 2.75) is 90.5 Å². The molecule has 1 unspecified atom stereocenters. The van der Waals surface area contributed by atoms with Gasteiger partial charge in [0.1, 0.15) is 0 Å². The maximum absolute atomic E-state index is 5.96. The first kappa shape index (κ1) is 18.0. The van der Waals surface area contributed by atoms with Crippen molar-refractivity contribution < 1.29 is 4.74 Å². The molecule has 0 aromatic heterocycles. The molecule has 0 aliphatic heterocycles. The van der Waals surface area contributed by atoms with E-state index in [1.807, 2.05) is 0 Å². The van der Waals surface area contributed by atoms with Crippen molar-refractivity contribution in [3.8, 4) is 0 Å². The molecule has 2 heteroatoms. The monoisotopic (exact) mass is 283 g/mol. The molecule has 1 aliphatic carbocycles. The lowest BCUT2D eigenvalue weighted by molar-refractivity contribution is 0.0817. The molecule has 0 spiro atoms. The van der Waals surface area contributed by atoms with E-state index in [1.54, 1.807) is 0 Å². The molecule has 120 valence electrons. The third-order valence-electron chi connectivity index (χ3n) is 4.57. The minimum Gasteiger partial charge on any atom is -0.380 e. The lowest BCUT2D eigenvalue weighted by Gasteiger charge is -2.31. The molecule has 1 rings (SSSR count). The Kier molecular flexibility index (Phi) is 11.4. The fourth-order valence-corrected chi connectivity index (χ4v) is 3.25. The van der Waals surface area contributed by atoms with E-state index in [-0.39, 0.29) is 0 Å². The van der Waals surface area contributed by atoms with Gasteiger partial charge in [-0.25, -0.2) is 0 Å². The number of rotatable bonds is 12. The molecule has 0 aromatic carbocycles. The van der Waals surface area contributed by atoms with Gasteiger partial charge in [-0.05, 0) is 38.1 Å². The first-order valence-corrected chi connectivity index (χ1v) is 9.19. The molecule has 20 heavy (non-hydrogen) atoms. The van der Waals surface area contributed by atoms with E-state index in [4.69, 9.17) is 4.74 Å². The zero-order valence-corrected chi connectivity index (χ0v) is 14.0. The molecule has 0 heterocycles. The van der Waals surface area contributed by atoms with E-state index < -0.39 is 0 Å². The summed E-state index contributed by atoms with van der Waals surface area (Å²) in [6.07, 6.45) is 15.0. The van der Waals surface area contributed by atoms with Crippen molar-refractivity contribution in [1.82, 2.24) is 5.32 Å². The minimum absolute atomic E-state index is 0.603. The van der Waals surface area contributed by atoms with Crippen molar-refractivity contribution in [1.29, 1.82) is 0 Å². The Morgan fingerprint density at radius 1 is 0.950 bits per heavy atom. The van der Waals surface area contributed by atoms with Gasteiger partial charge in [-0.1, -0.05) is 58.8 Å². The van der Waals surface area contributed by atoms with E-state index >= 15 is 0 Å². The molecular formula is C18H37NO. The highest BCUT2D eigenvalue weighted by atomic mass is 16.5. The number of ether oxygens (including phenoxy) is 1. The number of hydrogen-bond donors (Lipinski definition) is 1. The van der Waals surface area contributed by atoms with Gasteiger partial charge in [-0.15, -0.1) is 0 Å². The summed E-state index contributed by atoms with van der Waals surface area (Å²) in [6.45, 7) is 7.55. The van der Waals surface area contributed by atoms with Crippen LogP contribution < -0.4 is 5.32 Å². The second-order valence-electron chi connectivity index (χ2n) is 6.45. The smallest absolute Gasteiger partial charge is 0.0622 e. The van der Waals surface area contributed by atoms with Gasteiger partial charge in [0.2, 0.25) is 0 Å². The zero-order chi connectivity index (χ0) is 14.5. The van der Waals surface area contributed by atoms with E-state index in [9.17, 15) is 0 Å². The first-order valence-electron chi connectivity index (χ1n) is 9.19. The quantitative estimate of drug-likeness (QED) is 0.513. The van der Waals surface area contributed by atoms with Crippen molar-refractivity contribution in [2.24, 2.45) is 5.92 Å². The Balaban J connectivity index is 2.12. The van der Waals surface area contributed by atoms with Crippen molar-refractivity contribution >= 4 is 0 Å². The van der Waals surface area contributed by atoms with Crippen molar-refractivity contribution in [2.75, 3.05) is 19.8 Å². The second kappa shape index (κ2) is 12.6. The van der Waals surface area contributed by atoms with Crippen molar-refractivity contribution in [3.05, 3.63) is 0 Å². The van der Waals surface area contributed by atoms with Gasteiger partial charge in [-0.3, -0.25) is 0 Å². The lowest BCUT2D eigenvalue weighted by Crippen LogP contribution is -2.41. The molecular weight excluding hydrogens is 246 g/mol. The summed E-state index contributed by atoms with van der Waals surface area (Å²) in [5.41, 5.74) is 0. The lowest BCUT2D eigenvalue weighted by atomic mass is 9.84. The average molecular weight is 284 g/mol. The van der Waals surface area contributed by atoms with Crippen LogP contribution in [-0.2, 0) is 4.74 Å². The van der Waals surface area contributed by atoms with Crippen LogP contribution in [0.3, 0.4) is 0 Å². The minimum atomic E-state index is 0.603. The Morgan fingerprint density at radius 2 is 1.70 bits per heavy atom. The van der Waals surface area contributed by atoms with Crippen LogP contribution in [0.2, 0.25) is 0 Å². The van der Waals surface area contributed by atoms with Crippen LogP contribution >= 0.6 is 0 Å². The van der Waals surface area contributed by atoms with Gasteiger partial charge in [0.25, 0.3) is 0 Å². The highest BCUT2D eigenvalue weighted by Gasteiger charge is 2.23. The van der Waals surface area contributed by atoms with Crippen LogP contribution in [0.1, 0.15) is 84.5 Å². The summed E-state index contributed by atoms with van der Waals surface area (Å²) < 4.78 is 5.96. The molecule has 1 N–H and O–H groups in total. The molecule has 1 atom stereocenters. The van der Waals surface area contributed by atoms with Gasteiger partial charge < -0.3 is 10.1 Å². The van der Waals surface area contributed by atoms with Crippen LogP contribution in [0.4, 0.5) is 0 Å². The highest BCUT2D eigenvalue weighted by Crippen LogP contribution is 2.26. The number of unbranched alkanes of at least 4 members (excludes halogenated alkanes) is 4. The molecule has 0 radical (unpaired) electrons. The molecule has 1 saturated carbocycles. The first-order chi connectivity index (χ1) is 9.88. The summed E-state index contributed by atoms with van der Waals surface area (Å²) in [6, 6.07) is 0.603. The summed E-state index contributed by atoms with van der Waals surface area (Å²) in [7, 11) is 0. The van der Waals surface area contributed by atoms with Crippen LogP contribution in [0.5, 0.6) is 0 Å². The van der Waals surface area contributed by atoms with Gasteiger partial charge in [0.15, 0.2) is 0 Å². The Hall–Kier alpha value is -0.0800. The second-order valence-corrected chi connectivity index (χ2v) is 6.45. The van der Waals surface area contributed by atoms with Crippen molar-refractivity contribution in [3.63, 3.8) is 0 Å². The predicted molar refractivity (Wildman–Crippen MR) is 88.2 cm³/mol. The fourth-order valence-electron chi connectivity index (χ4n) is 3.25. The molecule has 1 fully saturated rings. The number of hydrogen-bond acceptors (Lipinski definition) is 2. The topological polar surface area (TPSA) is 21.3 Å². The molecule has 0 saturated heterocycles. The molecule has 0 bridgehead atoms. The summed E-state index contributed by atoms with van der Waals surface area (Å²) >= 11 is 0. The van der Waals surface area contributed by atoms with E-state index in [0.717, 1.165) is 25.7 Å². The SMILES string of the molecule is CCCCCCCOCC(NCCC)C1CCCCC1. The maximum atomic E-state index is 5.96. The number of nitrogens with one attached hydrogen (secondary N) is 1. The van der Waals surface area contributed by atoms with Crippen LogP contribution in [0.25, 0.3) is 0 Å². The van der Waals surface area contributed by atoms with Gasteiger partial charge in [0, 0.05) is 12.6 Å². The van der Waals surface area contributed by atoms with Gasteiger partial charge >= 0.3 is 0 Å². The predicted octanol–water partition coefficient (Wildman–Crippen LogP) is 4.92. The maximum Gasteiger partial charge on any atom is 0.0622 e. The Bertz CT molecular complexity index is 202. The third kappa shape index (κ3) is 8.26. The molecule has 0 amide bonds. The summed E-state index contributed by atoms with van der Waals surface area (Å²) in [5, 5.41) is 3.73. The van der Waals surface area contributed by atoms with Gasteiger partial charge in [0.05, 0.1) is 6.61 Å². The van der Waals surface area contributed by atoms with Gasteiger partial charge in [-0.2, -0.15) is 0 Å². The van der Waals surface area contributed by atoms with Crippen LogP contribution in [0, 0.1) is 5.92 Å². The standard InChI is InChI=1S/C18H37NO/c1-3-5-6-7-11-15-20-16-18(19-14-4-2)17-12-9-8-10-13-17/h17-19H,3-16H2,1-2H3. The van der Waals surface area contributed by atoms with Crippen LogP contribution in [0.15, 0.2) is 0 Å². The Morgan fingerprint density at radius 3 is 2.40 bits per heavy atom. The largest absolute Gasteiger partial charge is 0.380 e. The van der Waals surface area contributed by atoms with E-state index in [0.29, 0.717) is 6.04 Å². The molecule has 0 aromatic rings. The third-order valence-corrected chi connectivity index (χ3v) is 4.57. The van der Waals surface area contributed by atoms with E-state index in [2.05, 4.69) is 19.2 Å².